The van der Waals surface area contributed by atoms with Crippen molar-refractivity contribution in [3.05, 3.63) is 63.7 Å². The Hall–Kier alpha value is -2.05. The fraction of sp³-hybridized carbons (Fsp3) is 0.381. The number of hydrogen-bond donors (Lipinski definition) is 1. The quantitative estimate of drug-likeness (QED) is 0.773. The number of fused-ring (bicyclic) bond motifs is 1. The van der Waals surface area contributed by atoms with Crippen LogP contribution in [0, 0.1) is 6.92 Å². The lowest BCUT2D eigenvalue weighted by Crippen LogP contribution is -2.41. The Kier molecular flexibility index (Phi) is 6.01. The van der Waals surface area contributed by atoms with E-state index < -0.39 is 10.0 Å². The fourth-order valence-electron chi connectivity index (χ4n) is 3.59. The summed E-state index contributed by atoms with van der Waals surface area (Å²) in [6.07, 6.45) is 4.44. The minimum absolute atomic E-state index is 0.208. The van der Waals surface area contributed by atoms with Crippen molar-refractivity contribution in [1.82, 2.24) is 5.32 Å². The van der Waals surface area contributed by atoms with Crippen molar-refractivity contribution in [3.8, 4) is 0 Å². The Balaban J connectivity index is 1.76. The summed E-state index contributed by atoms with van der Waals surface area (Å²) < 4.78 is 25.7. The Morgan fingerprint density at radius 2 is 1.89 bits per heavy atom. The van der Waals surface area contributed by atoms with Gasteiger partial charge in [-0.05, 0) is 67.5 Å². The van der Waals surface area contributed by atoms with Crippen molar-refractivity contribution in [2.24, 2.45) is 0 Å². The summed E-state index contributed by atoms with van der Waals surface area (Å²) in [5.41, 5.74) is 4.89. The average Bonchev–Trinajstić information content (AvgIpc) is 3.08. The van der Waals surface area contributed by atoms with Gasteiger partial charge in [-0.3, -0.25) is 9.10 Å². The highest BCUT2D eigenvalue weighted by Gasteiger charge is 2.24. The van der Waals surface area contributed by atoms with Crippen LogP contribution in [0.2, 0.25) is 5.02 Å². The number of sulfonamides is 1. The molecule has 0 bridgehead atoms. The van der Waals surface area contributed by atoms with E-state index in [0.717, 1.165) is 34.5 Å². The lowest BCUT2D eigenvalue weighted by Gasteiger charge is -2.25. The summed E-state index contributed by atoms with van der Waals surface area (Å²) in [6.45, 7) is 3.40. The van der Waals surface area contributed by atoms with E-state index in [-0.39, 0.29) is 18.5 Å². The first-order valence-electron chi connectivity index (χ1n) is 9.30. The van der Waals surface area contributed by atoms with Gasteiger partial charge in [0.2, 0.25) is 15.9 Å². The van der Waals surface area contributed by atoms with Gasteiger partial charge in [0, 0.05) is 5.02 Å². The minimum Gasteiger partial charge on any atom is -0.348 e. The van der Waals surface area contributed by atoms with Crippen LogP contribution in [0.25, 0.3) is 0 Å². The smallest absolute Gasteiger partial charge is 0.241 e. The Morgan fingerprint density at radius 3 is 2.61 bits per heavy atom. The second kappa shape index (κ2) is 8.13. The fourth-order valence-corrected chi connectivity index (χ4v) is 4.67. The molecule has 150 valence electrons. The third-order valence-electron chi connectivity index (χ3n) is 5.13. The molecular weight excluding hydrogens is 396 g/mol. The maximum absolute atomic E-state index is 12.6. The molecule has 0 fully saturated rings. The van der Waals surface area contributed by atoms with Gasteiger partial charge in [-0.15, -0.1) is 0 Å². The summed E-state index contributed by atoms with van der Waals surface area (Å²) in [7, 11) is -3.65. The van der Waals surface area contributed by atoms with Gasteiger partial charge < -0.3 is 5.32 Å². The zero-order valence-corrected chi connectivity index (χ0v) is 17.9. The topological polar surface area (TPSA) is 66.5 Å². The van der Waals surface area contributed by atoms with Crippen LogP contribution in [0.1, 0.15) is 41.6 Å². The average molecular weight is 421 g/mol. The van der Waals surface area contributed by atoms with Gasteiger partial charge in [0.15, 0.2) is 0 Å². The number of amides is 1. The monoisotopic (exact) mass is 420 g/mol. The minimum atomic E-state index is -3.65. The molecule has 0 aromatic heterocycles. The molecule has 0 radical (unpaired) electrons. The second-order valence-corrected chi connectivity index (χ2v) is 9.71. The van der Waals surface area contributed by atoms with Gasteiger partial charge in [0.1, 0.15) is 6.54 Å². The summed E-state index contributed by atoms with van der Waals surface area (Å²) >= 11 is 6.04. The predicted octanol–water partition coefficient (Wildman–Crippen LogP) is 3.78. The van der Waals surface area contributed by atoms with Gasteiger partial charge in [-0.25, -0.2) is 8.42 Å². The highest BCUT2D eigenvalue weighted by Crippen LogP contribution is 2.27. The van der Waals surface area contributed by atoms with Crippen molar-refractivity contribution in [2.75, 3.05) is 17.1 Å². The van der Waals surface area contributed by atoms with Crippen molar-refractivity contribution in [2.45, 2.75) is 39.2 Å². The third-order valence-corrected chi connectivity index (χ3v) is 6.49. The summed E-state index contributed by atoms with van der Waals surface area (Å²) in [6, 6.07) is 11.1. The summed E-state index contributed by atoms with van der Waals surface area (Å²) in [5, 5.41) is 3.33. The molecule has 2 aromatic rings. The van der Waals surface area contributed by atoms with Gasteiger partial charge in [0.05, 0.1) is 18.0 Å². The van der Waals surface area contributed by atoms with Crippen molar-refractivity contribution in [1.29, 1.82) is 0 Å². The number of nitrogens with zero attached hydrogens (tertiary/aromatic N) is 1. The molecule has 1 atom stereocenters. The van der Waals surface area contributed by atoms with Crippen LogP contribution in [0.15, 0.2) is 36.4 Å². The van der Waals surface area contributed by atoms with Crippen molar-refractivity contribution >= 4 is 33.2 Å². The van der Waals surface area contributed by atoms with Crippen LogP contribution in [-0.2, 0) is 27.7 Å². The number of halogens is 1. The molecule has 1 aliphatic rings. The van der Waals surface area contributed by atoms with Crippen LogP contribution in [0.3, 0.4) is 0 Å². The molecule has 0 heterocycles. The maximum atomic E-state index is 12.6. The molecule has 0 saturated carbocycles. The van der Waals surface area contributed by atoms with Crippen LogP contribution in [0.5, 0.6) is 0 Å². The molecule has 7 heteroatoms. The van der Waals surface area contributed by atoms with E-state index in [1.54, 1.807) is 25.1 Å². The second-order valence-electron chi connectivity index (χ2n) is 7.37. The van der Waals surface area contributed by atoms with Crippen LogP contribution in [-0.4, -0.2) is 27.1 Å². The molecule has 5 nitrogen and oxygen atoms in total. The molecule has 1 amide bonds. The number of rotatable bonds is 6. The molecular formula is C21H25ClN2O3S. The summed E-state index contributed by atoms with van der Waals surface area (Å²) in [5.74, 6) is -0.363. The summed E-state index contributed by atoms with van der Waals surface area (Å²) in [4.78, 5) is 12.6. The molecule has 0 spiro atoms. The molecule has 28 heavy (non-hydrogen) atoms. The first kappa shape index (κ1) is 20.7. The van der Waals surface area contributed by atoms with Crippen LogP contribution >= 0.6 is 11.6 Å². The molecule has 1 N–H and O–H groups in total. The molecule has 1 aliphatic carbocycles. The van der Waals surface area contributed by atoms with E-state index in [0.29, 0.717) is 10.7 Å². The number of carbonyl (C=O) groups excluding carboxylic acids is 1. The third kappa shape index (κ3) is 4.67. The van der Waals surface area contributed by atoms with Crippen LogP contribution < -0.4 is 9.62 Å². The number of anilines is 1. The first-order valence-corrected chi connectivity index (χ1v) is 11.5. The number of benzene rings is 2. The van der Waals surface area contributed by atoms with E-state index >= 15 is 0 Å². The number of hydrogen-bond acceptors (Lipinski definition) is 3. The van der Waals surface area contributed by atoms with E-state index in [9.17, 15) is 13.2 Å². The molecule has 0 aliphatic heterocycles. The van der Waals surface area contributed by atoms with E-state index in [2.05, 4.69) is 17.4 Å². The van der Waals surface area contributed by atoms with Crippen molar-refractivity contribution < 1.29 is 13.2 Å². The maximum Gasteiger partial charge on any atom is 0.241 e. The van der Waals surface area contributed by atoms with Gasteiger partial charge >= 0.3 is 0 Å². The number of aryl methyl sites for hydroxylation is 3. The molecule has 2 aromatic carbocycles. The Morgan fingerprint density at radius 1 is 1.18 bits per heavy atom. The Labute approximate surface area is 171 Å². The van der Waals surface area contributed by atoms with Crippen molar-refractivity contribution in [3.63, 3.8) is 0 Å². The lowest BCUT2D eigenvalue weighted by molar-refractivity contribution is -0.120. The lowest BCUT2D eigenvalue weighted by atomic mass is 10.0. The van der Waals surface area contributed by atoms with E-state index in [4.69, 9.17) is 11.6 Å². The van der Waals surface area contributed by atoms with Gasteiger partial charge in [0.25, 0.3) is 0 Å². The SMILES string of the molecule is Cc1ccc(Cl)cc1N(CC(=O)N[C@@H](C)c1ccc2c(c1)CCC2)S(C)(=O)=O. The largest absolute Gasteiger partial charge is 0.348 e. The standard InChI is InChI=1S/C21H25ClN2O3S/c1-14-7-10-19(22)12-20(14)24(28(3,26)27)13-21(25)23-15(2)17-9-8-16-5-4-6-18(16)11-17/h7-12,15H,4-6,13H2,1-3H3,(H,23,25)/t15-/m0/s1. The normalized spacial score (nSPS) is 14.4. The highest BCUT2D eigenvalue weighted by atomic mass is 35.5. The van der Waals surface area contributed by atoms with Gasteiger partial charge in [-0.2, -0.15) is 0 Å². The predicted molar refractivity (Wildman–Crippen MR) is 113 cm³/mol. The zero-order chi connectivity index (χ0) is 20.5. The van der Waals surface area contributed by atoms with Crippen LogP contribution in [0.4, 0.5) is 5.69 Å². The number of carbonyl (C=O) groups is 1. The molecule has 0 saturated heterocycles. The first-order chi connectivity index (χ1) is 13.1. The Bertz CT molecular complexity index is 1000. The van der Waals surface area contributed by atoms with E-state index in [1.165, 1.54) is 17.5 Å². The molecule has 3 rings (SSSR count). The van der Waals surface area contributed by atoms with Gasteiger partial charge in [-0.1, -0.05) is 35.9 Å². The highest BCUT2D eigenvalue weighted by molar-refractivity contribution is 7.92. The molecule has 0 unspecified atom stereocenters. The zero-order valence-electron chi connectivity index (χ0n) is 16.3. The van der Waals surface area contributed by atoms with E-state index in [1.807, 2.05) is 13.0 Å². The number of nitrogens with one attached hydrogen (secondary N) is 1.